The summed E-state index contributed by atoms with van der Waals surface area (Å²) < 4.78 is 0. The van der Waals surface area contributed by atoms with Crippen LogP contribution in [0.3, 0.4) is 0 Å². The molecule has 0 aromatic heterocycles. The van der Waals surface area contributed by atoms with Crippen molar-refractivity contribution in [2.75, 3.05) is 25.9 Å². The van der Waals surface area contributed by atoms with Crippen LogP contribution in [0.4, 0.5) is 0 Å². The van der Waals surface area contributed by atoms with Crippen LogP contribution in [0.15, 0.2) is 0 Å². The molecule has 3 heteroatoms. The smallest absolute Gasteiger partial charge is 0.0429 e. The molecule has 2 nitrogen and oxygen atoms in total. The zero-order valence-corrected chi connectivity index (χ0v) is 10.1. The van der Waals surface area contributed by atoms with Crippen molar-refractivity contribution in [2.24, 2.45) is 11.7 Å². The van der Waals surface area contributed by atoms with Gasteiger partial charge in [-0.25, -0.2) is 0 Å². The summed E-state index contributed by atoms with van der Waals surface area (Å²) in [6, 6.07) is 0. The summed E-state index contributed by atoms with van der Waals surface area (Å²) in [5.74, 6) is 2.21. The number of hydrogen-bond donors (Lipinski definition) is 1. The van der Waals surface area contributed by atoms with Crippen molar-refractivity contribution in [3.05, 3.63) is 0 Å². The molecule has 0 amide bonds. The first-order valence-corrected chi connectivity index (χ1v) is 6.74. The maximum atomic E-state index is 5.97. The van der Waals surface area contributed by atoms with Gasteiger partial charge in [0.2, 0.25) is 0 Å². The zero-order valence-electron chi connectivity index (χ0n) is 9.33. The Morgan fingerprint density at radius 1 is 1.50 bits per heavy atom. The molecule has 1 saturated heterocycles. The Morgan fingerprint density at radius 2 is 2.21 bits per heavy atom. The molecular formula is C11H22N2S. The summed E-state index contributed by atoms with van der Waals surface area (Å²) in [5, 5.41) is 0.792. The molecule has 2 N–H and O–H groups in total. The second-order valence-electron chi connectivity index (χ2n) is 5.08. The predicted octanol–water partition coefficient (Wildman–Crippen LogP) is 1.55. The third-order valence-electron chi connectivity index (χ3n) is 3.72. The molecule has 2 fully saturated rings. The molecule has 2 unspecified atom stereocenters. The molecule has 0 bridgehead atoms. The number of likely N-dealkylation sites (N-methyl/N-ethyl adjacent to an activating group) is 1. The highest BCUT2D eigenvalue weighted by atomic mass is 32.2. The van der Waals surface area contributed by atoms with Crippen molar-refractivity contribution in [3.63, 3.8) is 0 Å². The van der Waals surface area contributed by atoms with Gasteiger partial charge in [0.05, 0.1) is 0 Å². The average molecular weight is 214 g/mol. The molecule has 0 aromatic rings. The summed E-state index contributed by atoms with van der Waals surface area (Å²) in [5.41, 5.74) is 6.29. The first kappa shape index (κ1) is 10.8. The molecule has 1 heterocycles. The lowest BCUT2D eigenvalue weighted by Gasteiger charge is -2.37. The van der Waals surface area contributed by atoms with Crippen molar-refractivity contribution < 1.29 is 0 Å². The summed E-state index contributed by atoms with van der Waals surface area (Å²) in [6.07, 6.45) is 4.15. The minimum absolute atomic E-state index is 0.312. The van der Waals surface area contributed by atoms with E-state index in [4.69, 9.17) is 5.73 Å². The van der Waals surface area contributed by atoms with Crippen LogP contribution < -0.4 is 5.73 Å². The van der Waals surface area contributed by atoms with Gasteiger partial charge in [0, 0.05) is 29.6 Å². The van der Waals surface area contributed by atoms with Crippen molar-refractivity contribution in [2.45, 2.75) is 37.0 Å². The fourth-order valence-electron chi connectivity index (χ4n) is 2.40. The van der Waals surface area contributed by atoms with E-state index in [0.29, 0.717) is 5.54 Å². The average Bonchev–Trinajstić information content (AvgIpc) is 2.88. The fourth-order valence-corrected chi connectivity index (χ4v) is 3.87. The van der Waals surface area contributed by atoms with Crippen LogP contribution in [0.5, 0.6) is 0 Å². The SMILES string of the molecule is CC1CC(CN)(N(C)CC2CC2)CS1. The predicted molar refractivity (Wildman–Crippen MR) is 63.7 cm³/mol. The highest BCUT2D eigenvalue weighted by Crippen LogP contribution is 2.39. The normalized spacial score (nSPS) is 38.1. The van der Waals surface area contributed by atoms with Gasteiger partial charge in [0.15, 0.2) is 0 Å². The molecular weight excluding hydrogens is 192 g/mol. The lowest BCUT2D eigenvalue weighted by Crippen LogP contribution is -2.53. The lowest BCUT2D eigenvalue weighted by atomic mass is 9.94. The molecule has 0 aromatic carbocycles. The number of nitrogens with zero attached hydrogens (tertiary/aromatic N) is 1. The van der Waals surface area contributed by atoms with Gasteiger partial charge in [0.1, 0.15) is 0 Å². The van der Waals surface area contributed by atoms with Gasteiger partial charge in [-0.15, -0.1) is 0 Å². The van der Waals surface area contributed by atoms with Gasteiger partial charge in [-0.3, -0.25) is 4.90 Å². The molecule has 0 spiro atoms. The second-order valence-corrected chi connectivity index (χ2v) is 6.50. The fraction of sp³-hybridized carbons (Fsp3) is 1.00. The van der Waals surface area contributed by atoms with Crippen LogP contribution in [-0.2, 0) is 0 Å². The molecule has 1 saturated carbocycles. The van der Waals surface area contributed by atoms with E-state index in [2.05, 4.69) is 30.6 Å². The standard InChI is InChI=1S/C11H22N2S/c1-9-5-11(7-12,8-14-9)13(2)6-10-3-4-10/h9-10H,3-8,12H2,1-2H3. The van der Waals surface area contributed by atoms with Crippen LogP contribution in [0.25, 0.3) is 0 Å². The topological polar surface area (TPSA) is 29.3 Å². The monoisotopic (exact) mass is 214 g/mol. The van der Waals surface area contributed by atoms with E-state index in [1.54, 1.807) is 0 Å². The Morgan fingerprint density at radius 3 is 2.64 bits per heavy atom. The van der Waals surface area contributed by atoms with Crippen LogP contribution >= 0.6 is 11.8 Å². The van der Waals surface area contributed by atoms with Gasteiger partial charge < -0.3 is 5.73 Å². The maximum absolute atomic E-state index is 5.97. The Balaban J connectivity index is 1.95. The third-order valence-corrected chi connectivity index (χ3v) is 5.16. The minimum Gasteiger partial charge on any atom is -0.329 e. The van der Waals surface area contributed by atoms with Gasteiger partial charge in [-0.2, -0.15) is 11.8 Å². The highest BCUT2D eigenvalue weighted by molar-refractivity contribution is 8.00. The van der Waals surface area contributed by atoms with E-state index in [1.807, 2.05) is 0 Å². The Hall–Kier alpha value is 0.270. The van der Waals surface area contributed by atoms with E-state index < -0.39 is 0 Å². The summed E-state index contributed by atoms with van der Waals surface area (Å²) >= 11 is 2.08. The molecule has 1 aliphatic heterocycles. The molecule has 14 heavy (non-hydrogen) atoms. The molecule has 0 radical (unpaired) electrons. The van der Waals surface area contributed by atoms with E-state index in [-0.39, 0.29) is 0 Å². The number of thioether (sulfide) groups is 1. The summed E-state index contributed by atoms with van der Waals surface area (Å²) in [4.78, 5) is 2.54. The van der Waals surface area contributed by atoms with E-state index >= 15 is 0 Å². The van der Waals surface area contributed by atoms with Gasteiger partial charge >= 0.3 is 0 Å². The first-order valence-electron chi connectivity index (χ1n) is 5.69. The van der Waals surface area contributed by atoms with Crippen molar-refractivity contribution in [1.82, 2.24) is 4.90 Å². The zero-order chi connectivity index (χ0) is 10.2. The van der Waals surface area contributed by atoms with Gasteiger partial charge in [-0.1, -0.05) is 6.92 Å². The molecule has 2 rings (SSSR count). The van der Waals surface area contributed by atoms with E-state index in [9.17, 15) is 0 Å². The van der Waals surface area contributed by atoms with E-state index in [0.717, 1.165) is 17.7 Å². The first-order chi connectivity index (χ1) is 6.66. The Labute approximate surface area is 91.6 Å². The second kappa shape index (κ2) is 4.03. The number of hydrogen-bond acceptors (Lipinski definition) is 3. The molecule has 2 aliphatic rings. The third kappa shape index (κ3) is 2.10. The maximum Gasteiger partial charge on any atom is 0.0429 e. The molecule has 82 valence electrons. The Bertz CT molecular complexity index is 205. The van der Waals surface area contributed by atoms with Gasteiger partial charge in [0.25, 0.3) is 0 Å². The van der Waals surface area contributed by atoms with Crippen molar-refractivity contribution in [3.8, 4) is 0 Å². The van der Waals surface area contributed by atoms with Crippen LogP contribution in [-0.4, -0.2) is 41.6 Å². The summed E-state index contributed by atoms with van der Waals surface area (Å²) in [6.45, 7) is 4.42. The van der Waals surface area contributed by atoms with Crippen LogP contribution in [0, 0.1) is 5.92 Å². The van der Waals surface area contributed by atoms with E-state index in [1.165, 1.54) is 31.6 Å². The highest BCUT2D eigenvalue weighted by Gasteiger charge is 2.41. The van der Waals surface area contributed by atoms with Crippen LogP contribution in [0.2, 0.25) is 0 Å². The largest absolute Gasteiger partial charge is 0.329 e. The quantitative estimate of drug-likeness (QED) is 0.770. The van der Waals surface area contributed by atoms with Crippen molar-refractivity contribution in [1.29, 1.82) is 0 Å². The minimum atomic E-state index is 0.312. The number of nitrogens with two attached hydrogens (primary N) is 1. The number of rotatable bonds is 4. The lowest BCUT2D eigenvalue weighted by molar-refractivity contribution is 0.140. The van der Waals surface area contributed by atoms with Crippen LogP contribution in [0.1, 0.15) is 26.2 Å². The van der Waals surface area contributed by atoms with Gasteiger partial charge in [-0.05, 0) is 32.2 Å². The Kier molecular flexibility index (Phi) is 3.10. The van der Waals surface area contributed by atoms with Crippen molar-refractivity contribution >= 4 is 11.8 Å². The molecule has 1 aliphatic carbocycles. The molecule has 2 atom stereocenters. The summed E-state index contributed by atoms with van der Waals surface area (Å²) in [7, 11) is 2.27.